The minimum Gasteiger partial charge on any atom is -0.357 e. The lowest BCUT2D eigenvalue weighted by Crippen LogP contribution is -2.41. The molecule has 1 aromatic carbocycles. The summed E-state index contributed by atoms with van der Waals surface area (Å²) in [5, 5.41) is 3.72. The number of anilines is 1. The second-order valence-corrected chi connectivity index (χ2v) is 7.52. The second-order valence-electron chi connectivity index (χ2n) is 6.23. The number of benzene rings is 1. The molecular weight excluding hydrogens is 402 g/mol. The summed E-state index contributed by atoms with van der Waals surface area (Å²) in [6.07, 6.45) is 4.20. The number of nitrogens with one attached hydrogen (secondary N) is 1. The molecule has 2 heterocycles. The van der Waals surface area contributed by atoms with Gasteiger partial charge in [-0.25, -0.2) is 4.98 Å². The van der Waals surface area contributed by atoms with Crippen LogP contribution in [0.15, 0.2) is 47.1 Å². The Labute approximate surface area is 161 Å². The third kappa shape index (κ3) is 4.95. The molecule has 4 nitrogen and oxygen atoms in total. The molecule has 0 bridgehead atoms. The molecule has 0 unspecified atom stereocenters. The van der Waals surface area contributed by atoms with E-state index in [9.17, 15) is 4.79 Å². The van der Waals surface area contributed by atoms with Gasteiger partial charge in [-0.2, -0.15) is 0 Å². The summed E-state index contributed by atoms with van der Waals surface area (Å²) in [7, 11) is 0. The van der Waals surface area contributed by atoms with E-state index in [0.717, 1.165) is 42.6 Å². The van der Waals surface area contributed by atoms with Crippen molar-refractivity contribution >= 4 is 39.3 Å². The van der Waals surface area contributed by atoms with Gasteiger partial charge in [0.25, 0.3) is 0 Å². The molecule has 0 spiro atoms. The summed E-state index contributed by atoms with van der Waals surface area (Å²) >= 11 is 9.42. The SMILES string of the molecule is O=C(NCCc1ccccc1Br)C1CCN(c2ccc(Cl)cn2)CC1. The first-order valence-corrected chi connectivity index (χ1v) is 9.68. The van der Waals surface area contributed by atoms with Crippen LogP contribution in [-0.2, 0) is 11.2 Å². The predicted octanol–water partition coefficient (Wildman–Crippen LogP) is 4.07. The quantitative estimate of drug-likeness (QED) is 0.790. The number of amides is 1. The summed E-state index contributed by atoms with van der Waals surface area (Å²) in [5.41, 5.74) is 1.21. The molecule has 1 aromatic heterocycles. The molecule has 2 aromatic rings. The summed E-state index contributed by atoms with van der Waals surface area (Å²) in [5.74, 6) is 1.18. The Morgan fingerprint density at radius 3 is 2.68 bits per heavy atom. The Kier molecular flexibility index (Phi) is 6.32. The van der Waals surface area contributed by atoms with Gasteiger partial charge in [0.2, 0.25) is 5.91 Å². The highest BCUT2D eigenvalue weighted by molar-refractivity contribution is 9.10. The lowest BCUT2D eigenvalue weighted by Gasteiger charge is -2.32. The molecule has 1 N–H and O–H groups in total. The van der Waals surface area contributed by atoms with E-state index in [1.807, 2.05) is 30.3 Å². The second kappa shape index (κ2) is 8.68. The van der Waals surface area contributed by atoms with Crippen LogP contribution in [0.4, 0.5) is 5.82 Å². The van der Waals surface area contributed by atoms with Gasteiger partial charge in [0.05, 0.1) is 5.02 Å². The van der Waals surface area contributed by atoms with Crippen LogP contribution in [0.2, 0.25) is 5.02 Å². The molecule has 1 amide bonds. The van der Waals surface area contributed by atoms with Gasteiger partial charge in [-0.05, 0) is 43.0 Å². The molecule has 3 rings (SSSR count). The number of aromatic nitrogens is 1. The number of carbonyl (C=O) groups is 1. The van der Waals surface area contributed by atoms with Crippen molar-refractivity contribution in [3.63, 3.8) is 0 Å². The van der Waals surface area contributed by atoms with Gasteiger partial charge in [0.1, 0.15) is 5.82 Å². The highest BCUT2D eigenvalue weighted by Crippen LogP contribution is 2.23. The number of rotatable bonds is 5. The molecule has 132 valence electrons. The smallest absolute Gasteiger partial charge is 0.223 e. The van der Waals surface area contributed by atoms with E-state index in [1.54, 1.807) is 6.20 Å². The topological polar surface area (TPSA) is 45.2 Å². The van der Waals surface area contributed by atoms with Gasteiger partial charge in [0, 0.05) is 36.2 Å². The lowest BCUT2D eigenvalue weighted by molar-refractivity contribution is -0.125. The van der Waals surface area contributed by atoms with Crippen molar-refractivity contribution in [2.45, 2.75) is 19.3 Å². The van der Waals surface area contributed by atoms with Crippen molar-refractivity contribution in [1.29, 1.82) is 0 Å². The van der Waals surface area contributed by atoms with E-state index >= 15 is 0 Å². The van der Waals surface area contributed by atoms with E-state index in [-0.39, 0.29) is 11.8 Å². The minimum atomic E-state index is 0.0859. The van der Waals surface area contributed by atoms with Crippen LogP contribution in [0.3, 0.4) is 0 Å². The molecule has 1 aliphatic rings. The van der Waals surface area contributed by atoms with Gasteiger partial charge in [-0.1, -0.05) is 45.7 Å². The van der Waals surface area contributed by atoms with E-state index in [2.05, 4.69) is 37.2 Å². The Morgan fingerprint density at radius 2 is 2.00 bits per heavy atom. The minimum absolute atomic E-state index is 0.0859. The standard InChI is InChI=1S/C19H21BrClN3O/c20-17-4-2-1-3-14(17)7-10-22-19(25)15-8-11-24(12-9-15)18-6-5-16(21)13-23-18/h1-6,13,15H,7-12H2,(H,22,25). The highest BCUT2D eigenvalue weighted by Gasteiger charge is 2.25. The fourth-order valence-electron chi connectivity index (χ4n) is 3.09. The van der Waals surface area contributed by atoms with E-state index in [0.29, 0.717) is 11.6 Å². The largest absolute Gasteiger partial charge is 0.357 e. The average molecular weight is 423 g/mol. The van der Waals surface area contributed by atoms with Crippen molar-refractivity contribution in [3.8, 4) is 0 Å². The number of piperidine rings is 1. The Bertz CT molecular complexity index is 715. The van der Waals surface area contributed by atoms with Crippen LogP contribution >= 0.6 is 27.5 Å². The molecule has 1 saturated heterocycles. The molecule has 0 aliphatic carbocycles. The molecule has 1 fully saturated rings. The van der Waals surface area contributed by atoms with Crippen LogP contribution in [0, 0.1) is 5.92 Å². The zero-order valence-corrected chi connectivity index (χ0v) is 16.3. The zero-order valence-electron chi connectivity index (χ0n) is 13.9. The normalized spacial score (nSPS) is 15.2. The fraction of sp³-hybridized carbons (Fsp3) is 0.368. The molecule has 1 aliphatic heterocycles. The molecule has 25 heavy (non-hydrogen) atoms. The number of hydrogen-bond donors (Lipinski definition) is 1. The summed E-state index contributed by atoms with van der Waals surface area (Å²) in [4.78, 5) is 18.9. The number of halogens is 2. The summed E-state index contributed by atoms with van der Waals surface area (Å²) < 4.78 is 1.09. The van der Waals surface area contributed by atoms with Crippen molar-refractivity contribution in [3.05, 3.63) is 57.7 Å². The van der Waals surface area contributed by atoms with E-state index < -0.39 is 0 Å². The summed E-state index contributed by atoms with van der Waals surface area (Å²) in [6.45, 7) is 2.36. The first-order chi connectivity index (χ1) is 12.1. The molecule has 0 atom stereocenters. The van der Waals surface area contributed by atoms with Crippen molar-refractivity contribution < 1.29 is 4.79 Å². The van der Waals surface area contributed by atoms with Crippen LogP contribution in [0.1, 0.15) is 18.4 Å². The van der Waals surface area contributed by atoms with Gasteiger partial charge < -0.3 is 10.2 Å². The molecular formula is C19H21BrClN3O. The fourth-order valence-corrected chi connectivity index (χ4v) is 3.69. The van der Waals surface area contributed by atoms with Crippen molar-refractivity contribution in [2.24, 2.45) is 5.92 Å². The predicted molar refractivity (Wildman–Crippen MR) is 105 cm³/mol. The number of pyridine rings is 1. The van der Waals surface area contributed by atoms with Crippen LogP contribution < -0.4 is 10.2 Å². The molecule has 0 radical (unpaired) electrons. The number of nitrogens with zero attached hydrogens (tertiary/aromatic N) is 2. The van der Waals surface area contributed by atoms with Gasteiger partial charge in [-0.15, -0.1) is 0 Å². The average Bonchev–Trinajstić information content (AvgIpc) is 2.64. The first-order valence-electron chi connectivity index (χ1n) is 8.51. The Morgan fingerprint density at radius 1 is 1.24 bits per heavy atom. The molecule has 6 heteroatoms. The maximum Gasteiger partial charge on any atom is 0.223 e. The maximum absolute atomic E-state index is 12.4. The first kappa shape index (κ1) is 18.2. The van der Waals surface area contributed by atoms with Crippen LogP contribution in [-0.4, -0.2) is 30.5 Å². The third-order valence-corrected chi connectivity index (χ3v) is 5.55. The number of carbonyl (C=O) groups excluding carboxylic acids is 1. The van der Waals surface area contributed by atoms with Crippen LogP contribution in [0.5, 0.6) is 0 Å². The monoisotopic (exact) mass is 421 g/mol. The Hall–Kier alpha value is -1.59. The summed E-state index contributed by atoms with van der Waals surface area (Å²) in [6, 6.07) is 11.9. The highest BCUT2D eigenvalue weighted by atomic mass is 79.9. The van der Waals surface area contributed by atoms with E-state index in [4.69, 9.17) is 11.6 Å². The van der Waals surface area contributed by atoms with Gasteiger partial charge in [-0.3, -0.25) is 4.79 Å². The maximum atomic E-state index is 12.4. The van der Waals surface area contributed by atoms with Gasteiger partial charge >= 0.3 is 0 Å². The van der Waals surface area contributed by atoms with E-state index in [1.165, 1.54) is 5.56 Å². The Balaban J connectivity index is 1.44. The van der Waals surface area contributed by atoms with Crippen molar-refractivity contribution in [2.75, 3.05) is 24.5 Å². The van der Waals surface area contributed by atoms with Crippen LogP contribution in [0.25, 0.3) is 0 Å². The number of hydrogen-bond acceptors (Lipinski definition) is 3. The van der Waals surface area contributed by atoms with Crippen molar-refractivity contribution in [1.82, 2.24) is 10.3 Å². The lowest BCUT2D eigenvalue weighted by atomic mass is 9.96. The molecule has 0 saturated carbocycles. The third-order valence-electron chi connectivity index (χ3n) is 4.55. The zero-order chi connectivity index (χ0) is 17.6. The van der Waals surface area contributed by atoms with Gasteiger partial charge in [0.15, 0.2) is 0 Å².